The molecule has 0 spiro atoms. The Morgan fingerprint density at radius 1 is 1.57 bits per heavy atom. The Balaban J connectivity index is 2.08. The second kappa shape index (κ2) is 5.98. The Hall–Kier alpha value is -1.85. The van der Waals surface area contributed by atoms with Crippen molar-refractivity contribution in [1.82, 2.24) is 10.6 Å². The van der Waals surface area contributed by atoms with Gasteiger partial charge in [0.25, 0.3) is 5.91 Å². The summed E-state index contributed by atoms with van der Waals surface area (Å²) in [4.78, 5) is 11.7. The van der Waals surface area contributed by atoms with Crippen LogP contribution in [0.5, 0.6) is 0 Å². The number of rotatable bonds is 5. The van der Waals surface area contributed by atoms with Gasteiger partial charge in [-0.15, -0.1) is 0 Å². The number of aromatic nitrogens is 1. The molecule has 1 fully saturated rings. The van der Waals surface area contributed by atoms with E-state index in [1.165, 1.54) is 12.4 Å². The second-order valence-electron chi connectivity index (χ2n) is 6.44. The smallest absolute Gasteiger partial charge is 0.264 e. The molecule has 1 aromatic rings. The number of sulfone groups is 1. The lowest BCUT2D eigenvalue weighted by atomic mass is 10.0. The highest BCUT2D eigenvalue weighted by Crippen LogP contribution is 2.44. The average molecular weight is 340 g/mol. The van der Waals surface area contributed by atoms with Crippen molar-refractivity contribution in [2.45, 2.75) is 44.3 Å². The van der Waals surface area contributed by atoms with Gasteiger partial charge in [0.15, 0.2) is 9.84 Å². The number of aryl methyl sites for hydroxylation is 1. The first-order chi connectivity index (χ1) is 10.6. The SMILES string of the molecule is CC1(C#Cc2cc(CC[C@](C)(C(=O)NO)S(C)(=O)=O)no2)CC1. The van der Waals surface area contributed by atoms with Crippen LogP contribution in [-0.4, -0.2) is 35.7 Å². The van der Waals surface area contributed by atoms with Crippen LogP contribution in [-0.2, 0) is 21.1 Å². The van der Waals surface area contributed by atoms with Crippen LogP contribution >= 0.6 is 0 Å². The summed E-state index contributed by atoms with van der Waals surface area (Å²) in [7, 11) is -3.72. The van der Waals surface area contributed by atoms with Gasteiger partial charge in [-0.3, -0.25) is 10.0 Å². The van der Waals surface area contributed by atoms with Crippen LogP contribution in [0.15, 0.2) is 10.6 Å². The van der Waals surface area contributed by atoms with Crippen molar-refractivity contribution in [3.63, 3.8) is 0 Å². The number of nitrogens with zero attached hydrogens (tertiary/aromatic N) is 1. The summed E-state index contributed by atoms with van der Waals surface area (Å²) in [6.07, 6.45) is 3.28. The molecule has 1 atom stereocenters. The molecule has 0 saturated heterocycles. The Labute approximate surface area is 135 Å². The van der Waals surface area contributed by atoms with Gasteiger partial charge >= 0.3 is 0 Å². The molecular formula is C15H20N2O5S. The molecule has 7 nitrogen and oxygen atoms in total. The third-order valence-electron chi connectivity index (χ3n) is 4.30. The second-order valence-corrected chi connectivity index (χ2v) is 8.88. The lowest BCUT2D eigenvalue weighted by molar-refractivity contribution is -0.131. The maximum Gasteiger partial charge on any atom is 0.264 e. The lowest BCUT2D eigenvalue weighted by Crippen LogP contribution is -2.49. The average Bonchev–Trinajstić information content (AvgIpc) is 3.04. The van der Waals surface area contributed by atoms with Crippen LogP contribution in [0.25, 0.3) is 0 Å². The highest BCUT2D eigenvalue weighted by Gasteiger charge is 2.43. The number of hydroxylamine groups is 1. The van der Waals surface area contributed by atoms with Crippen molar-refractivity contribution in [3.05, 3.63) is 17.5 Å². The summed E-state index contributed by atoms with van der Waals surface area (Å²) in [6.45, 7) is 3.34. The normalized spacial score (nSPS) is 18.4. The fourth-order valence-electron chi connectivity index (χ4n) is 1.97. The predicted octanol–water partition coefficient (Wildman–Crippen LogP) is 1.07. The Bertz CT molecular complexity index is 767. The minimum atomic E-state index is -3.72. The van der Waals surface area contributed by atoms with Crippen molar-refractivity contribution in [2.24, 2.45) is 5.41 Å². The van der Waals surface area contributed by atoms with Gasteiger partial charge in [-0.2, -0.15) is 0 Å². The maximum atomic E-state index is 11.9. The summed E-state index contributed by atoms with van der Waals surface area (Å²) >= 11 is 0. The molecule has 2 N–H and O–H groups in total. The number of carbonyl (C=O) groups excluding carboxylic acids is 1. The molecule has 0 bridgehead atoms. The van der Waals surface area contributed by atoms with Crippen LogP contribution in [0.1, 0.15) is 44.6 Å². The molecule has 0 radical (unpaired) electrons. The van der Waals surface area contributed by atoms with Crippen LogP contribution < -0.4 is 5.48 Å². The Morgan fingerprint density at radius 2 is 2.22 bits per heavy atom. The molecule has 1 amide bonds. The van der Waals surface area contributed by atoms with Crippen molar-refractivity contribution < 1.29 is 22.9 Å². The molecular weight excluding hydrogens is 320 g/mol. The van der Waals surface area contributed by atoms with E-state index in [4.69, 9.17) is 9.73 Å². The Kier molecular flexibility index (Phi) is 4.55. The molecule has 0 aliphatic heterocycles. The zero-order valence-corrected chi connectivity index (χ0v) is 14.2. The summed E-state index contributed by atoms with van der Waals surface area (Å²) < 4.78 is 27.1. The van der Waals surface area contributed by atoms with E-state index in [0.717, 1.165) is 19.1 Å². The molecule has 1 aromatic heterocycles. The van der Waals surface area contributed by atoms with Crippen LogP contribution in [0.2, 0.25) is 0 Å². The summed E-state index contributed by atoms with van der Waals surface area (Å²) in [5.41, 5.74) is 1.99. The Morgan fingerprint density at radius 3 is 2.74 bits per heavy atom. The molecule has 126 valence electrons. The third kappa shape index (κ3) is 3.92. The fourth-order valence-corrected chi connectivity index (χ4v) is 2.82. The summed E-state index contributed by atoms with van der Waals surface area (Å²) in [5.74, 6) is 5.47. The summed E-state index contributed by atoms with van der Waals surface area (Å²) in [5, 5.41) is 12.6. The minimum absolute atomic E-state index is 0.0324. The molecule has 1 heterocycles. The first kappa shape index (κ1) is 17.5. The number of carbonyl (C=O) groups is 1. The van der Waals surface area contributed by atoms with E-state index in [1.807, 2.05) is 0 Å². The van der Waals surface area contributed by atoms with Crippen LogP contribution in [0.3, 0.4) is 0 Å². The largest absolute Gasteiger partial charge is 0.347 e. The quantitative estimate of drug-likeness (QED) is 0.471. The van der Waals surface area contributed by atoms with E-state index in [2.05, 4.69) is 23.9 Å². The molecule has 1 aliphatic carbocycles. The van der Waals surface area contributed by atoms with Gasteiger partial charge in [-0.05, 0) is 45.5 Å². The molecule has 2 rings (SSSR count). The van der Waals surface area contributed by atoms with Crippen LogP contribution in [0, 0.1) is 17.3 Å². The number of hydrogen-bond donors (Lipinski definition) is 2. The van der Waals surface area contributed by atoms with E-state index in [0.29, 0.717) is 11.5 Å². The van der Waals surface area contributed by atoms with Gasteiger partial charge in [0.2, 0.25) is 5.76 Å². The van der Waals surface area contributed by atoms with Crippen molar-refractivity contribution in [1.29, 1.82) is 0 Å². The molecule has 23 heavy (non-hydrogen) atoms. The fraction of sp³-hybridized carbons (Fsp3) is 0.600. The van der Waals surface area contributed by atoms with E-state index in [-0.39, 0.29) is 18.3 Å². The van der Waals surface area contributed by atoms with Crippen molar-refractivity contribution >= 4 is 15.7 Å². The van der Waals surface area contributed by atoms with Crippen molar-refractivity contribution in [2.75, 3.05) is 6.26 Å². The molecule has 1 aliphatic rings. The van der Waals surface area contributed by atoms with E-state index in [1.54, 1.807) is 6.07 Å². The topological polar surface area (TPSA) is 110 Å². The first-order valence-electron chi connectivity index (χ1n) is 7.23. The standard InChI is InChI=1S/C15H20N2O5S/c1-14(8-9-14)6-5-12-10-11(17-22-12)4-7-15(2,13(18)16-19)23(3,20)21/h10,19H,4,7-9H2,1-3H3,(H,16,18)/t15-/m1/s1. The first-order valence-corrected chi connectivity index (χ1v) is 9.12. The number of amides is 1. The monoisotopic (exact) mass is 340 g/mol. The van der Waals surface area contributed by atoms with Crippen molar-refractivity contribution in [3.8, 4) is 11.8 Å². The maximum absolute atomic E-state index is 11.9. The highest BCUT2D eigenvalue weighted by atomic mass is 32.2. The van der Waals surface area contributed by atoms with Gasteiger partial charge < -0.3 is 4.52 Å². The lowest BCUT2D eigenvalue weighted by Gasteiger charge is -2.24. The zero-order valence-electron chi connectivity index (χ0n) is 13.3. The summed E-state index contributed by atoms with van der Waals surface area (Å²) in [6, 6.07) is 1.64. The van der Waals surface area contributed by atoms with Gasteiger partial charge in [-0.1, -0.05) is 11.1 Å². The molecule has 1 saturated carbocycles. The molecule has 0 aromatic carbocycles. The number of nitrogens with one attached hydrogen (secondary N) is 1. The number of hydrogen-bond acceptors (Lipinski definition) is 6. The minimum Gasteiger partial charge on any atom is -0.347 e. The highest BCUT2D eigenvalue weighted by molar-refractivity contribution is 7.92. The van der Waals surface area contributed by atoms with E-state index < -0.39 is 20.5 Å². The zero-order chi connectivity index (χ0) is 17.3. The molecule has 0 unspecified atom stereocenters. The molecule has 8 heteroatoms. The van der Waals surface area contributed by atoms with E-state index >= 15 is 0 Å². The van der Waals surface area contributed by atoms with Gasteiger partial charge in [0, 0.05) is 17.7 Å². The third-order valence-corrected chi connectivity index (χ3v) is 6.33. The van der Waals surface area contributed by atoms with Gasteiger partial charge in [0.1, 0.15) is 4.75 Å². The van der Waals surface area contributed by atoms with Gasteiger partial charge in [-0.25, -0.2) is 13.9 Å². The van der Waals surface area contributed by atoms with Crippen LogP contribution in [0.4, 0.5) is 0 Å². The van der Waals surface area contributed by atoms with E-state index in [9.17, 15) is 13.2 Å². The predicted molar refractivity (Wildman–Crippen MR) is 82.2 cm³/mol. The van der Waals surface area contributed by atoms with Gasteiger partial charge in [0.05, 0.1) is 5.69 Å².